The lowest BCUT2D eigenvalue weighted by atomic mass is 9.85. The van der Waals surface area contributed by atoms with Crippen molar-refractivity contribution in [3.05, 3.63) is 54.1 Å². The van der Waals surface area contributed by atoms with Gasteiger partial charge in [0.1, 0.15) is 5.75 Å². The zero-order chi connectivity index (χ0) is 21.0. The first kappa shape index (κ1) is 20.7. The highest BCUT2D eigenvalue weighted by atomic mass is 16.5. The molecule has 6 nitrogen and oxygen atoms in total. The second-order valence-electron chi connectivity index (χ2n) is 8.29. The van der Waals surface area contributed by atoms with Gasteiger partial charge in [-0.25, -0.2) is 4.79 Å². The van der Waals surface area contributed by atoms with E-state index in [2.05, 4.69) is 55.3 Å². The maximum atomic E-state index is 12.6. The van der Waals surface area contributed by atoms with Crippen LogP contribution in [-0.2, 0) is 10.2 Å². The van der Waals surface area contributed by atoms with Crippen LogP contribution in [-0.4, -0.2) is 43.1 Å². The molecule has 1 aliphatic rings. The van der Waals surface area contributed by atoms with E-state index < -0.39 is 0 Å². The molecule has 0 spiro atoms. The van der Waals surface area contributed by atoms with Crippen molar-refractivity contribution in [2.75, 3.05) is 36.4 Å². The number of hydrogen-bond donors (Lipinski definition) is 1. The van der Waals surface area contributed by atoms with Crippen molar-refractivity contribution in [2.45, 2.75) is 33.1 Å². The molecule has 29 heavy (non-hydrogen) atoms. The Bertz CT molecular complexity index is 864. The van der Waals surface area contributed by atoms with E-state index in [-0.39, 0.29) is 17.4 Å². The average Bonchev–Trinajstić information content (AvgIpc) is 2.68. The van der Waals surface area contributed by atoms with Gasteiger partial charge in [0.05, 0.1) is 0 Å². The number of benzene rings is 2. The third kappa shape index (κ3) is 5.28. The molecule has 2 aromatic rings. The Morgan fingerprint density at radius 1 is 0.931 bits per heavy atom. The van der Waals surface area contributed by atoms with Crippen LogP contribution in [0.2, 0.25) is 0 Å². The van der Waals surface area contributed by atoms with Gasteiger partial charge in [0.25, 0.3) is 0 Å². The molecular weight excluding hydrogens is 366 g/mol. The summed E-state index contributed by atoms with van der Waals surface area (Å²) in [5, 5.41) is 2.91. The number of anilines is 2. The van der Waals surface area contributed by atoms with E-state index in [1.165, 1.54) is 18.2 Å². The average molecular weight is 396 g/mol. The van der Waals surface area contributed by atoms with Gasteiger partial charge in [-0.05, 0) is 41.3 Å². The molecule has 3 rings (SSSR count). The predicted octanol–water partition coefficient (Wildman–Crippen LogP) is 4.26. The number of urea groups is 1. The fourth-order valence-corrected chi connectivity index (χ4v) is 3.51. The number of nitrogens with one attached hydrogen (secondary N) is 1. The van der Waals surface area contributed by atoms with Crippen LogP contribution in [0.3, 0.4) is 0 Å². The summed E-state index contributed by atoms with van der Waals surface area (Å²) in [5.74, 6) is 0.0920. The third-order valence-electron chi connectivity index (χ3n) is 4.99. The van der Waals surface area contributed by atoms with E-state index >= 15 is 0 Å². The lowest BCUT2D eigenvalue weighted by molar-refractivity contribution is -0.131. The van der Waals surface area contributed by atoms with Crippen LogP contribution in [0.1, 0.15) is 33.3 Å². The predicted molar refractivity (Wildman–Crippen MR) is 116 cm³/mol. The normalized spacial score (nSPS) is 14.5. The van der Waals surface area contributed by atoms with E-state index in [1.54, 1.807) is 24.3 Å². The van der Waals surface area contributed by atoms with E-state index in [9.17, 15) is 9.59 Å². The van der Waals surface area contributed by atoms with Gasteiger partial charge in [-0.3, -0.25) is 4.79 Å². The highest BCUT2D eigenvalue weighted by Gasteiger charge is 2.25. The number of hydrogen-bond acceptors (Lipinski definition) is 4. The second-order valence-corrected chi connectivity index (χ2v) is 8.29. The van der Waals surface area contributed by atoms with Gasteiger partial charge in [0.15, 0.2) is 0 Å². The lowest BCUT2D eigenvalue weighted by Gasteiger charge is -2.38. The molecule has 0 saturated carbocycles. The molecule has 2 amide bonds. The van der Waals surface area contributed by atoms with Gasteiger partial charge in [-0.15, -0.1) is 0 Å². The number of esters is 1. The summed E-state index contributed by atoms with van der Waals surface area (Å²) in [6.07, 6.45) is 0. The van der Waals surface area contributed by atoms with Gasteiger partial charge in [0, 0.05) is 44.5 Å². The second kappa shape index (κ2) is 8.55. The maximum absolute atomic E-state index is 12.6. The summed E-state index contributed by atoms with van der Waals surface area (Å²) < 4.78 is 5.01. The molecule has 1 N–H and O–H groups in total. The van der Waals surface area contributed by atoms with E-state index in [4.69, 9.17) is 4.74 Å². The molecule has 0 bridgehead atoms. The summed E-state index contributed by atoms with van der Waals surface area (Å²) in [4.78, 5) is 27.8. The Kier molecular flexibility index (Phi) is 6.11. The first-order valence-electron chi connectivity index (χ1n) is 9.93. The van der Waals surface area contributed by atoms with Crippen LogP contribution in [0.25, 0.3) is 0 Å². The minimum Gasteiger partial charge on any atom is -0.427 e. The van der Waals surface area contributed by atoms with Gasteiger partial charge < -0.3 is 19.9 Å². The van der Waals surface area contributed by atoms with Crippen LogP contribution < -0.4 is 15.0 Å². The standard InChI is InChI=1S/C23H29N3O3/c1-17(27)29-19-11-9-18(10-12-19)24-22(28)26-15-13-25(14-16-26)21-8-6-5-7-20(21)23(2,3)4/h5-12H,13-16H2,1-4H3,(H,24,28). The zero-order valence-electron chi connectivity index (χ0n) is 17.6. The van der Waals surface area contributed by atoms with Crippen LogP contribution >= 0.6 is 0 Å². The van der Waals surface area contributed by atoms with Crippen LogP contribution in [0.15, 0.2) is 48.5 Å². The molecule has 1 saturated heterocycles. The number of para-hydroxylation sites is 1. The smallest absolute Gasteiger partial charge is 0.321 e. The van der Waals surface area contributed by atoms with Crippen molar-refractivity contribution in [3.63, 3.8) is 0 Å². The fourth-order valence-electron chi connectivity index (χ4n) is 3.51. The van der Waals surface area contributed by atoms with E-state index in [0.717, 1.165) is 13.1 Å². The molecule has 0 aromatic heterocycles. The van der Waals surface area contributed by atoms with Gasteiger partial charge in [0.2, 0.25) is 0 Å². The van der Waals surface area contributed by atoms with Gasteiger partial charge >= 0.3 is 12.0 Å². The Balaban J connectivity index is 1.58. The highest BCUT2D eigenvalue weighted by molar-refractivity contribution is 5.89. The van der Waals surface area contributed by atoms with Crippen LogP contribution in [0.4, 0.5) is 16.2 Å². The molecular formula is C23H29N3O3. The molecule has 1 aliphatic heterocycles. The topological polar surface area (TPSA) is 61.9 Å². The van der Waals surface area contributed by atoms with Crippen molar-refractivity contribution in [3.8, 4) is 5.75 Å². The van der Waals surface area contributed by atoms with E-state index in [1.807, 2.05) is 4.90 Å². The summed E-state index contributed by atoms with van der Waals surface area (Å²) in [5.41, 5.74) is 3.32. The van der Waals surface area contributed by atoms with Crippen molar-refractivity contribution in [1.29, 1.82) is 0 Å². The third-order valence-corrected chi connectivity index (χ3v) is 4.99. The number of carbonyl (C=O) groups excluding carboxylic acids is 2. The largest absolute Gasteiger partial charge is 0.427 e. The fraction of sp³-hybridized carbons (Fsp3) is 0.391. The Morgan fingerprint density at radius 3 is 2.14 bits per heavy atom. The molecule has 0 unspecified atom stereocenters. The first-order chi connectivity index (χ1) is 13.7. The number of rotatable bonds is 3. The minimum absolute atomic E-state index is 0.0728. The lowest BCUT2D eigenvalue weighted by Crippen LogP contribution is -2.50. The Labute approximate surface area is 172 Å². The number of ether oxygens (including phenoxy) is 1. The Hall–Kier alpha value is -3.02. The monoisotopic (exact) mass is 395 g/mol. The summed E-state index contributed by atoms with van der Waals surface area (Å²) in [7, 11) is 0. The molecule has 154 valence electrons. The zero-order valence-corrected chi connectivity index (χ0v) is 17.6. The SMILES string of the molecule is CC(=O)Oc1ccc(NC(=O)N2CCN(c3ccccc3C(C)(C)C)CC2)cc1. The number of amides is 2. The molecule has 1 fully saturated rings. The highest BCUT2D eigenvalue weighted by Crippen LogP contribution is 2.32. The molecule has 0 aliphatic carbocycles. The van der Waals surface area contributed by atoms with Crippen molar-refractivity contribution in [2.24, 2.45) is 0 Å². The first-order valence-corrected chi connectivity index (χ1v) is 9.93. The van der Waals surface area contributed by atoms with Gasteiger partial charge in [-0.2, -0.15) is 0 Å². The van der Waals surface area contributed by atoms with E-state index in [0.29, 0.717) is 24.5 Å². The summed E-state index contributed by atoms with van der Waals surface area (Å²) >= 11 is 0. The van der Waals surface area contributed by atoms with Crippen LogP contribution in [0.5, 0.6) is 5.75 Å². The number of piperazine rings is 1. The molecule has 0 atom stereocenters. The number of carbonyl (C=O) groups is 2. The maximum Gasteiger partial charge on any atom is 0.321 e. The quantitative estimate of drug-likeness (QED) is 0.623. The molecule has 2 aromatic carbocycles. The van der Waals surface area contributed by atoms with Crippen LogP contribution in [0, 0.1) is 0 Å². The molecule has 1 heterocycles. The summed E-state index contributed by atoms with van der Waals surface area (Å²) in [6.45, 7) is 10.9. The van der Waals surface area contributed by atoms with Gasteiger partial charge in [-0.1, -0.05) is 39.0 Å². The van der Waals surface area contributed by atoms with Crippen molar-refractivity contribution < 1.29 is 14.3 Å². The number of nitrogens with zero attached hydrogens (tertiary/aromatic N) is 2. The Morgan fingerprint density at radius 2 is 1.55 bits per heavy atom. The molecule has 0 radical (unpaired) electrons. The van der Waals surface area contributed by atoms with Crippen molar-refractivity contribution in [1.82, 2.24) is 4.90 Å². The molecule has 6 heteroatoms. The minimum atomic E-state index is -0.368. The summed E-state index contributed by atoms with van der Waals surface area (Å²) in [6, 6.07) is 15.2. The van der Waals surface area contributed by atoms with Crippen molar-refractivity contribution >= 4 is 23.4 Å².